The lowest BCUT2D eigenvalue weighted by Gasteiger charge is -2.17. The van der Waals surface area contributed by atoms with Crippen molar-refractivity contribution < 1.29 is 22.0 Å². The van der Waals surface area contributed by atoms with E-state index in [1.165, 1.54) is 0 Å². The number of sulfonamides is 1. The third kappa shape index (κ3) is 1.99. The standard InChI is InChI=1S/C12H12F2N2O3S/c13-10-2-1-8(3-11(10)14)20(18,19)16-5-7-4-15-12(17)9(7)6-16/h1-3,7,9H,4-6H2,(H,15,17)/t7-,9+/m0/s1. The van der Waals surface area contributed by atoms with Gasteiger partial charge in [0.05, 0.1) is 10.8 Å². The summed E-state index contributed by atoms with van der Waals surface area (Å²) in [6, 6.07) is 2.48. The average molecular weight is 302 g/mol. The second-order valence-electron chi connectivity index (χ2n) is 5.01. The van der Waals surface area contributed by atoms with Gasteiger partial charge in [-0.25, -0.2) is 17.2 Å². The lowest BCUT2D eigenvalue weighted by molar-refractivity contribution is -0.122. The fourth-order valence-electron chi connectivity index (χ4n) is 2.68. The molecule has 1 aromatic carbocycles. The van der Waals surface area contributed by atoms with Crippen LogP contribution in [-0.2, 0) is 14.8 Å². The molecule has 0 aromatic heterocycles. The number of halogens is 2. The highest BCUT2D eigenvalue weighted by molar-refractivity contribution is 7.89. The third-order valence-corrected chi connectivity index (χ3v) is 5.64. The summed E-state index contributed by atoms with van der Waals surface area (Å²) >= 11 is 0. The van der Waals surface area contributed by atoms with Crippen molar-refractivity contribution in [2.45, 2.75) is 4.90 Å². The highest BCUT2D eigenvalue weighted by atomic mass is 32.2. The molecule has 0 bridgehead atoms. The van der Waals surface area contributed by atoms with Crippen molar-refractivity contribution >= 4 is 15.9 Å². The molecule has 2 aliphatic rings. The second-order valence-corrected chi connectivity index (χ2v) is 6.95. The Balaban J connectivity index is 1.89. The molecular weight excluding hydrogens is 290 g/mol. The quantitative estimate of drug-likeness (QED) is 0.856. The first-order valence-corrected chi connectivity index (χ1v) is 7.56. The van der Waals surface area contributed by atoms with E-state index in [9.17, 15) is 22.0 Å². The number of hydrogen-bond donors (Lipinski definition) is 1. The predicted octanol–water partition coefficient (Wildman–Crippen LogP) is 0.331. The molecular formula is C12H12F2N2O3S. The van der Waals surface area contributed by atoms with Gasteiger partial charge < -0.3 is 5.32 Å². The molecule has 5 nitrogen and oxygen atoms in total. The van der Waals surface area contributed by atoms with Crippen LogP contribution in [0.5, 0.6) is 0 Å². The zero-order chi connectivity index (χ0) is 14.5. The molecule has 1 amide bonds. The lowest BCUT2D eigenvalue weighted by Crippen LogP contribution is -2.33. The monoisotopic (exact) mass is 302 g/mol. The maximum atomic E-state index is 13.2. The van der Waals surface area contributed by atoms with Crippen LogP contribution < -0.4 is 5.32 Å². The molecule has 108 valence electrons. The Bertz CT molecular complexity index is 677. The Hall–Kier alpha value is -1.54. The van der Waals surface area contributed by atoms with Crippen molar-refractivity contribution in [3.8, 4) is 0 Å². The summed E-state index contributed by atoms with van der Waals surface area (Å²) in [4.78, 5) is 11.2. The van der Waals surface area contributed by atoms with Crippen LogP contribution in [-0.4, -0.2) is 38.3 Å². The molecule has 2 saturated heterocycles. The summed E-state index contributed by atoms with van der Waals surface area (Å²) < 4.78 is 51.9. The fourth-order valence-corrected chi connectivity index (χ4v) is 4.22. The first-order valence-electron chi connectivity index (χ1n) is 6.12. The van der Waals surface area contributed by atoms with E-state index in [1.807, 2.05) is 0 Å². The number of fused-ring (bicyclic) bond motifs is 1. The summed E-state index contributed by atoms with van der Waals surface area (Å²) in [6.07, 6.45) is 0. The molecule has 0 radical (unpaired) electrons. The maximum Gasteiger partial charge on any atom is 0.243 e. The van der Waals surface area contributed by atoms with Gasteiger partial charge in [0.1, 0.15) is 0 Å². The summed E-state index contributed by atoms with van der Waals surface area (Å²) in [6.45, 7) is 0.746. The number of nitrogens with one attached hydrogen (secondary N) is 1. The Morgan fingerprint density at radius 1 is 1.20 bits per heavy atom. The van der Waals surface area contributed by atoms with E-state index in [2.05, 4.69) is 5.32 Å². The third-order valence-electron chi connectivity index (χ3n) is 3.81. The van der Waals surface area contributed by atoms with E-state index in [1.54, 1.807) is 0 Å². The Kier molecular flexibility index (Phi) is 3.02. The van der Waals surface area contributed by atoms with Gasteiger partial charge in [-0.05, 0) is 18.2 Å². The van der Waals surface area contributed by atoms with Gasteiger partial charge in [-0.3, -0.25) is 4.79 Å². The number of carbonyl (C=O) groups excluding carboxylic acids is 1. The Morgan fingerprint density at radius 2 is 1.95 bits per heavy atom. The second kappa shape index (κ2) is 4.49. The van der Waals surface area contributed by atoms with Crippen molar-refractivity contribution in [2.75, 3.05) is 19.6 Å². The highest BCUT2D eigenvalue weighted by Gasteiger charge is 2.46. The molecule has 0 aliphatic carbocycles. The van der Waals surface area contributed by atoms with Crippen LogP contribution in [0.15, 0.2) is 23.1 Å². The number of benzene rings is 1. The molecule has 1 N–H and O–H groups in total. The van der Waals surface area contributed by atoms with E-state index in [0.29, 0.717) is 12.6 Å². The largest absolute Gasteiger partial charge is 0.355 e. The smallest absolute Gasteiger partial charge is 0.243 e. The van der Waals surface area contributed by atoms with Gasteiger partial charge in [0, 0.05) is 25.6 Å². The lowest BCUT2D eigenvalue weighted by atomic mass is 10.0. The van der Waals surface area contributed by atoms with Gasteiger partial charge >= 0.3 is 0 Å². The zero-order valence-corrected chi connectivity index (χ0v) is 11.2. The topological polar surface area (TPSA) is 66.5 Å². The molecule has 8 heteroatoms. The first-order chi connectivity index (χ1) is 9.39. The van der Waals surface area contributed by atoms with Crippen molar-refractivity contribution in [2.24, 2.45) is 11.8 Å². The minimum Gasteiger partial charge on any atom is -0.355 e. The Labute approximate surface area is 114 Å². The summed E-state index contributed by atoms with van der Waals surface area (Å²) in [5.41, 5.74) is 0. The normalized spacial score (nSPS) is 26.6. The highest BCUT2D eigenvalue weighted by Crippen LogP contribution is 2.31. The summed E-state index contributed by atoms with van der Waals surface area (Å²) in [5, 5.41) is 2.68. The molecule has 0 unspecified atom stereocenters. The Morgan fingerprint density at radius 3 is 2.60 bits per heavy atom. The first kappa shape index (κ1) is 13.4. The number of hydrogen-bond acceptors (Lipinski definition) is 3. The van der Waals surface area contributed by atoms with Gasteiger partial charge in [-0.15, -0.1) is 0 Å². The number of rotatable bonds is 2. The van der Waals surface area contributed by atoms with Crippen molar-refractivity contribution in [1.82, 2.24) is 9.62 Å². The SMILES string of the molecule is O=C1NC[C@H]2CN(S(=O)(=O)c3ccc(F)c(F)c3)C[C@@H]12. The molecule has 2 atom stereocenters. The van der Waals surface area contributed by atoms with E-state index in [0.717, 1.165) is 16.4 Å². The molecule has 20 heavy (non-hydrogen) atoms. The molecule has 1 aromatic rings. The zero-order valence-electron chi connectivity index (χ0n) is 10.3. The van der Waals surface area contributed by atoms with Gasteiger partial charge in [0.2, 0.25) is 15.9 Å². The van der Waals surface area contributed by atoms with Crippen LogP contribution in [0.1, 0.15) is 0 Å². The van der Waals surface area contributed by atoms with Crippen LogP contribution in [0.4, 0.5) is 8.78 Å². The number of amides is 1. The molecule has 2 heterocycles. The minimum absolute atomic E-state index is 0.0532. The van der Waals surface area contributed by atoms with Gasteiger partial charge in [0.15, 0.2) is 11.6 Å². The van der Waals surface area contributed by atoms with Crippen molar-refractivity contribution in [3.05, 3.63) is 29.8 Å². The molecule has 0 spiro atoms. The summed E-state index contributed by atoms with van der Waals surface area (Å²) in [5.74, 6) is -2.86. The van der Waals surface area contributed by atoms with E-state index < -0.39 is 21.7 Å². The van der Waals surface area contributed by atoms with Gasteiger partial charge in [-0.1, -0.05) is 0 Å². The molecule has 3 rings (SSSR count). The van der Waals surface area contributed by atoms with Crippen molar-refractivity contribution in [1.29, 1.82) is 0 Å². The van der Waals surface area contributed by atoms with Gasteiger partial charge in [0.25, 0.3) is 0 Å². The van der Waals surface area contributed by atoms with Crippen LogP contribution in [0.25, 0.3) is 0 Å². The fraction of sp³-hybridized carbons (Fsp3) is 0.417. The maximum absolute atomic E-state index is 13.2. The number of nitrogens with zero attached hydrogens (tertiary/aromatic N) is 1. The van der Waals surface area contributed by atoms with E-state index >= 15 is 0 Å². The van der Waals surface area contributed by atoms with Gasteiger partial charge in [-0.2, -0.15) is 4.31 Å². The van der Waals surface area contributed by atoms with Crippen LogP contribution in [0.3, 0.4) is 0 Å². The number of carbonyl (C=O) groups is 1. The molecule has 0 saturated carbocycles. The van der Waals surface area contributed by atoms with Crippen LogP contribution >= 0.6 is 0 Å². The van der Waals surface area contributed by atoms with Crippen LogP contribution in [0, 0.1) is 23.5 Å². The predicted molar refractivity (Wildman–Crippen MR) is 65.1 cm³/mol. The molecule has 2 aliphatic heterocycles. The molecule has 2 fully saturated rings. The van der Waals surface area contributed by atoms with Crippen LogP contribution in [0.2, 0.25) is 0 Å². The summed E-state index contributed by atoms with van der Waals surface area (Å²) in [7, 11) is -3.90. The minimum atomic E-state index is -3.90. The van der Waals surface area contributed by atoms with Crippen molar-refractivity contribution in [3.63, 3.8) is 0 Å². The van der Waals surface area contributed by atoms with E-state index in [-0.39, 0.29) is 35.7 Å². The van der Waals surface area contributed by atoms with E-state index in [4.69, 9.17) is 0 Å². The average Bonchev–Trinajstić information content (AvgIpc) is 2.96.